The minimum absolute atomic E-state index is 0.269. The molecule has 0 aliphatic carbocycles. The van der Waals surface area contributed by atoms with E-state index in [0.717, 1.165) is 44.9 Å². The fourth-order valence-corrected chi connectivity index (χ4v) is 4.17. The van der Waals surface area contributed by atoms with Gasteiger partial charge in [-0.1, -0.05) is 54.6 Å². The Morgan fingerprint density at radius 1 is 0.966 bits per heavy atom. The molecule has 0 bridgehead atoms. The van der Waals surface area contributed by atoms with Gasteiger partial charge in [-0.2, -0.15) is 0 Å². The minimum atomic E-state index is 0.269. The summed E-state index contributed by atoms with van der Waals surface area (Å²) in [5.41, 5.74) is 2.58. The SMILES string of the molecule is COc1ccc(CCC(=O)N2CC[NH+](Cc3cccc4ccccc34)CC2)cc1. The second kappa shape index (κ2) is 9.10. The van der Waals surface area contributed by atoms with Crippen LogP contribution < -0.4 is 9.64 Å². The van der Waals surface area contributed by atoms with Crippen molar-refractivity contribution in [1.82, 2.24) is 4.90 Å². The Morgan fingerprint density at radius 3 is 2.45 bits per heavy atom. The molecular formula is C25H29N2O2+. The van der Waals surface area contributed by atoms with Crippen LogP contribution in [0.2, 0.25) is 0 Å². The second-order valence-electron chi connectivity index (χ2n) is 7.79. The highest BCUT2D eigenvalue weighted by molar-refractivity contribution is 5.85. The van der Waals surface area contributed by atoms with E-state index in [1.807, 2.05) is 29.2 Å². The summed E-state index contributed by atoms with van der Waals surface area (Å²) in [6.07, 6.45) is 1.36. The number of hydrogen-bond donors (Lipinski definition) is 1. The number of hydrogen-bond acceptors (Lipinski definition) is 2. The average Bonchev–Trinajstić information content (AvgIpc) is 2.78. The first-order chi connectivity index (χ1) is 14.2. The number of fused-ring (bicyclic) bond motifs is 1. The monoisotopic (exact) mass is 389 g/mol. The molecule has 0 radical (unpaired) electrons. The van der Waals surface area contributed by atoms with Crippen LogP contribution in [0.3, 0.4) is 0 Å². The number of nitrogens with zero attached hydrogens (tertiary/aromatic N) is 1. The summed E-state index contributed by atoms with van der Waals surface area (Å²) < 4.78 is 5.19. The zero-order chi connectivity index (χ0) is 20.1. The number of methoxy groups -OCH3 is 1. The van der Waals surface area contributed by atoms with Gasteiger partial charge in [-0.25, -0.2) is 0 Å². The quantitative estimate of drug-likeness (QED) is 0.703. The van der Waals surface area contributed by atoms with Crippen molar-refractivity contribution in [3.05, 3.63) is 77.9 Å². The zero-order valence-corrected chi connectivity index (χ0v) is 17.1. The van der Waals surface area contributed by atoms with Gasteiger partial charge in [0.1, 0.15) is 12.3 Å². The van der Waals surface area contributed by atoms with Gasteiger partial charge < -0.3 is 14.5 Å². The number of piperazine rings is 1. The number of carbonyl (C=O) groups excluding carboxylic acids is 1. The summed E-state index contributed by atoms with van der Waals surface area (Å²) in [7, 11) is 1.67. The van der Waals surface area contributed by atoms with Crippen LogP contribution in [0.25, 0.3) is 10.8 Å². The lowest BCUT2D eigenvalue weighted by atomic mass is 10.0. The molecule has 1 N–H and O–H groups in total. The third-order valence-electron chi connectivity index (χ3n) is 5.93. The summed E-state index contributed by atoms with van der Waals surface area (Å²) >= 11 is 0. The third-order valence-corrected chi connectivity index (χ3v) is 5.93. The first-order valence-electron chi connectivity index (χ1n) is 10.4. The van der Waals surface area contributed by atoms with Crippen molar-refractivity contribution in [1.29, 1.82) is 0 Å². The highest BCUT2D eigenvalue weighted by Gasteiger charge is 2.23. The highest BCUT2D eigenvalue weighted by Crippen LogP contribution is 2.18. The van der Waals surface area contributed by atoms with Crippen LogP contribution in [0, 0.1) is 0 Å². The van der Waals surface area contributed by atoms with Crippen molar-refractivity contribution in [2.24, 2.45) is 0 Å². The van der Waals surface area contributed by atoms with Gasteiger partial charge in [-0.15, -0.1) is 0 Å². The maximum Gasteiger partial charge on any atom is 0.223 e. The van der Waals surface area contributed by atoms with Crippen molar-refractivity contribution in [3.63, 3.8) is 0 Å². The smallest absolute Gasteiger partial charge is 0.223 e. The summed E-state index contributed by atoms with van der Waals surface area (Å²) in [5.74, 6) is 1.12. The number of rotatable bonds is 6. The van der Waals surface area contributed by atoms with Crippen LogP contribution in [0.1, 0.15) is 17.5 Å². The molecule has 3 aromatic carbocycles. The molecule has 1 amide bonds. The molecule has 3 aromatic rings. The lowest BCUT2D eigenvalue weighted by molar-refractivity contribution is -0.917. The fraction of sp³-hybridized carbons (Fsp3) is 0.320. The lowest BCUT2D eigenvalue weighted by Crippen LogP contribution is -3.13. The molecule has 1 aliphatic rings. The van der Waals surface area contributed by atoms with E-state index in [4.69, 9.17) is 4.74 Å². The summed E-state index contributed by atoms with van der Waals surface area (Å²) in [6, 6.07) is 23.1. The van der Waals surface area contributed by atoms with Gasteiger partial charge in [0.25, 0.3) is 0 Å². The van der Waals surface area contributed by atoms with Gasteiger partial charge in [0, 0.05) is 12.0 Å². The van der Waals surface area contributed by atoms with Crippen molar-refractivity contribution in [2.75, 3.05) is 33.3 Å². The van der Waals surface area contributed by atoms with Crippen molar-refractivity contribution >= 4 is 16.7 Å². The molecule has 1 aliphatic heterocycles. The Kier molecular flexibility index (Phi) is 6.11. The topological polar surface area (TPSA) is 34.0 Å². The number of nitrogens with one attached hydrogen (secondary N) is 1. The van der Waals surface area contributed by atoms with E-state index in [1.54, 1.807) is 12.0 Å². The third kappa shape index (κ3) is 4.77. The molecule has 1 heterocycles. The molecule has 1 saturated heterocycles. The Bertz CT molecular complexity index is 955. The van der Waals surface area contributed by atoms with E-state index >= 15 is 0 Å². The molecule has 0 saturated carbocycles. The van der Waals surface area contributed by atoms with E-state index in [1.165, 1.54) is 21.9 Å². The standard InChI is InChI=1S/C25H28N2O2/c1-29-23-12-9-20(10-13-23)11-14-25(28)27-17-15-26(16-18-27)19-22-7-4-6-21-5-2-3-8-24(21)22/h2-10,12-13H,11,14-19H2,1H3/p+1. The molecule has 29 heavy (non-hydrogen) atoms. The molecule has 4 rings (SSSR count). The Labute approximate surface area is 172 Å². The molecule has 0 aromatic heterocycles. The maximum atomic E-state index is 12.6. The Hall–Kier alpha value is -2.85. The molecule has 150 valence electrons. The van der Waals surface area contributed by atoms with Crippen LogP contribution in [0.4, 0.5) is 0 Å². The van der Waals surface area contributed by atoms with E-state index in [0.29, 0.717) is 6.42 Å². The molecule has 4 heteroatoms. The number of benzene rings is 3. The van der Waals surface area contributed by atoms with E-state index in [-0.39, 0.29) is 5.91 Å². The second-order valence-corrected chi connectivity index (χ2v) is 7.79. The number of ether oxygens (including phenoxy) is 1. The van der Waals surface area contributed by atoms with E-state index in [2.05, 4.69) is 42.5 Å². The van der Waals surface area contributed by atoms with Crippen LogP contribution in [0.5, 0.6) is 5.75 Å². The van der Waals surface area contributed by atoms with Gasteiger partial charge in [0.05, 0.1) is 33.3 Å². The van der Waals surface area contributed by atoms with Gasteiger partial charge >= 0.3 is 0 Å². The summed E-state index contributed by atoms with van der Waals surface area (Å²) in [4.78, 5) is 16.2. The lowest BCUT2D eigenvalue weighted by Gasteiger charge is -2.32. The largest absolute Gasteiger partial charge is 0.497 e. The van der Waals surface area contributed by atoms with Crippen LogP contribution in [-0.2, 0) is 17.8 Å². The number of quaternary nitrogens is 1. The van der Waals surface area contributed by atoms with Gasteiger partial charge in [-0.05, 0) is 34.9 Å². The number of carbonyl (C=O) groups is 1. The molecule has 0 spiro atoms. The normalized spacial score (nSPS) is 14.9. The maximum absolute atomic E-state index is 12.6. The van der Waals surface area contributed by atoms with Gasteiger partial charge in [-0.3, -0.25) is 4.79 Å². The van der Waals surface area contributed by atoms with Crippen LogP contribution >= 0.6 is 0 Å². The first-order valence-corrected chi connectivity index (χ1v) is 10.4. The molecule has 0 unspecified atom stereocenters. The van der Waals surface area contributed by atoms with E-state index in [9.17, 15) is 4.79 Å². The Morgan fingerprint density at radius 2 is 1.69 bits per heavy atom. The predicted octanol–water partition coefficient (Wildman–Crippen LogP) is 2.71. The van der Waals surface area contributed by atoms with Crippen LogP contribution in [-0.4, -0.2) is 44.1 Å². The number of amides is 1. The highest BCUT2D eigenvalue weighted by atomic mass is 16.5. The van der Waals surface area contributed by atoms with Crippen LogP contribution in [0.15, 0.2) is 66.7 Å². The minimum Gasteiger partial charge on any atom is -0.497 e. The fourth-order valence-electron chi connectivity index (χ4n) is 4.17. The molecule has 4 nitrogen and oxygen atoms in total. The molecule has 1 fully saturated rings. The number of aryl methyl sites for hydroxylation is 1. The first kappa shape index (κ1) is 19.5. The van der Waals surface area contributed by atoms with Crippen molar-refractivity contribution in [3.8, 4) is 5.75 Å². The van der Waals surface area contributed by atoms with Crippen molar-refractivity contribution < 1.29 is 14.4 Å². The van der Waals surface area contributed by atoms with E-state index < -0.39 is 0 Å². The molecule has 0 atom stereocenters. The Balaban J connectivity index is 1.28. The summed E-state index contributed by atoms with van der Waals surface area (Å²) in [5, 5.41) is 2.65. The zero-order valence-electron chi connectivity index (χ0n) is 17.1. The molecular weight excluding hydrogens is 360 g/mol. The van der Waals surface area contributed by atoms with Crippen molar-refractivity contribution in [2.45, 2.75) is 19.4 Å². The summed E-state index contributed by atoms with van der Waals surface area (Å²) in [6.45, 7) is 4.74. The average molecular weight is 390 g/mol. The van der Waals surface area contributed by atoms with Gasteiger partial charge in [0.15, 0.2) is 0 Å². The van der Waals surface area contributed by atoms with Gasteiger partial charge in [0.2, 0.25) is 5.91 Å². The predicted molar refractivity (Wildman–Crippen MR) is 116 cm³/mol.